The molecule has 0 aliphatic carbocycles. The van der Waals surface area contributed by atoms with Crippen LogP contribution in [0.5, 0.6) is 0 Å². The van der Waals surface area contributed by atoms with Gasteiger partial charge in [-0.15, -0.1) is 0 Å². The Bertz CT molecular complexity index is 286. The van der Waals surface area contributed by atoms with Crippen LogP contribution in [-0.2, 0) is 10.0 Å². The van der Waals surface area contributed by atoms with Crippen LogP contribution in [0.4, 0.5) is 0 Å². The van der Waals surface area contributed by atoms with Crippen LogP contribution in [-0.4, -0.2) is 61.4 Å². The van der Waals surface area contributed by atoms with E-state index in [2.05, 4.69) is 0 Å². The monoisotopic (exact) mass is 237 g/mol. The molecule has 6 nitrogen and oxygen atoms in total. The third-order valence-corrected chi connectivity index (χ3v) is 4.02. The highest BCUT2D eigenvalue weighted by Crippen LogP contribution is 2.16. The maximum absolute atomic E-state index is 11.2. The van der Waals surface area contributed by atoms with Crippen molar-refractivity contribution in [2.45, 2.75) is 18.9 Å². The predicted molar refractivity (Wildman–Crippen MR) is 57.4 cm³/mol. The predicted octanol–water partition coefficient (Wildman–Crippen LogP) is -1.42. The Hall–Kier alpha value is -0.210. The van der Waals surface area contributed by atoms with E-state index in [0.717, 1.165) is 12.8 Å². The highest BCUT2D eigenvalue weighted by molar-refractivity contribution is 7.88. The zero-order chi connectivity index (χ0) is 11.5. The van der Waals surface area contributed by atoms with Crippen LogP contribution in [0.15, 0.2) is 0 Å². The second-order valence-electron chi connectivity index (χ2n) is 3.85. The van der Waals surface area contributed by atoms with E-state index in [9.17, 15) is 8.42 Å². The number of aliphatic hydroxyl groups is 1. The lowest BCUT2D eigenvalue weighted by atomic mass is 10.1. The quantitative estimate of drug-likeness (QED) is 0.463. The normalized spacial score (nSPS) is 21.1. The summed E-state index contributed by atoms with van der Waals surface area (Å²) in [6, 6.07) is 0.176. The van der Waals surface area contributed by atoms with Crippen LogP contribution in [0.25, 0.3) is 0 Å². The summed E-state index contributed by atoms with van der Waals surface area (Å²) in [5.41, 5.74) is 0. The SMILES string of the molecule is CS(=O)(=O)N1CCC(N(N)CCO)CC1. The summed E-state index contributed by atoms with van der Waals surface area (Å²) in [6.45, 7) is 1.50. The van der Waals surface area contributed by atoms with Gasteiger partial charge in [-0.25, -0.2) is 17.7 Å². The Kier molecular flexibility index (Phi) is 4.47. The topological polar surface area (TPSA) is 86.9 Å². The summed E-state index contributed by atoms with van der Waals surface area (Å²) >= 11 is 0. The fourth-order valence-corrected chi connectivity index (χ4v) is 2.68. The number of rotatable bonds is 4. The molecule has 0 bridgehead atoms. The fraction of sp³-hybridized carbons (Fsp3) is 1.00. The molecule has 0 aromatic rings. The minimum absolute atomic E-state index is 0.0305. The lowest BCUT2D eigenvalue weighted by molar-refractivity contribution is 0.114. The second-order valence-corrected chi connectivity index (χ2v) is 5.84. The van der Waals surface area contributed by atoms with Crippen LogP contribution >= 0.6 is 0 Å². The standard InChI is InChI=1S/C8H19N3O3S/c1-15(13,14)10-4-2-8(3-5-10)11(9)6-7-12/h8,12H,2-7,9H2,1H3. The van der Waals surface area contributed by atoms with E-state index in [-0.39, 0.29) is 12.6 Å². The van der Waals surface area contributed by atoms with Gasteiger partial charge in [-0.05, 0) is 12.8 Å². The molecule has 1 rings (SSSR count). The second kappa shape index (κ2) is 5.22. The molecule has 15 heavy (non-hydrogen) atoms. The lowest BCUT2D eigenvalue weighted by Crippen LogP contribution is -2.50. The average molecular weight is 237 g/mol. The van der Waals surface area contributed by atoms with Gasteiger partial charge in [0.05, 0.1) is 12.9 Å². The van der Waals surface area contributed by atoms with E-state index in [1.165, 1.54) is 10.6 Å². The molecule has 0 aromatic heterocycles. The number of piperidine rings is 1. The Balaban J connectivity index is 2.42. The molecule has 0 spiro atoms. The first-order chi connectivity index (χ1) is 6.95. The van der Waals surface area contributed by atoms with Gasteiger partial charge in [-0.3, -0.25) is 5.84 Å². The van der Waals surface area contributed by atoms with Crippen LogP contribution < -0.4 is 5.84 Å². The van der Waals surface area contributed by atoms with Crippen LogP contribution in [0.1, 0.15) is 12.8 Å². The van der Waals surface area contributed by atoms with Crippen LogP contribution in [0, 0.1) is 0 Å². The van der Waals surface area contributed by atoms with Crippen molar-refractivity contribution in [1.82, 2.24) is 9.31 Å². The van der Waals surface area contributed by atoms with Crippen molar-refractivity contribution >= 4 is 10.0 Å². The van der Waals surface area contributed by atoms with Gasteiger partial charge in [-0.2, -0.15) is 0 Å². The maximum Gasteiger partial charge on any atom is 0.211 e. The van der Waals surface area contributed by atoms with Crippen molar-refractivity contribution in [3.8, 4) is 0 Å². The molecule has 0 unspecified atom stereocenters. The number of hydrogen-bond donors (Lipinski definition) is 2. The van der Waals surface area contributed by atoms with Crippen molar-refractivity contribution in [3.05, 3.63) is 0 Å². The summed E-state index contributed by atoms with van der Waals surface area (Å²) in [7, 11) is -3.06. The summed E-state index contributed by atoms with van der Waals surface area (Å²) in [4.78, 5) is 0. The summed E-state index contributed by atoms with van der Waals surface area (Å²) < 4.78 is 23.9. The Morgan fingerprint density at radius 1 is 1.47 bits per heavy atom. The molecular formula is C8H19N3O3S. The molecule has 1 aliphatic rings. The van der Waals surface area contributed by atoms with Crippen LogP contribution in [0.2, 0.25) is 0 Å². The minimum atomic E-state index is -3.06. The molecule has 1 aliphatic heterocycles. The zero-order valence-electron chi connectivity index (χ0n) is 8.96. The van der Waals surface area contributed by atoms with E-state index in [0.29, 0.717) is 19.6 Å². The van der Waals surface area contributed by atoms with E-state index in [1.807, 2.05) is 0 Å². The smallest absolute Gasteiger partial charge is 0.211 e. The van der Waals surface area contributed by atoms with Crippen molar-refractivity contribution in [1.29, 1.82) is 0 Å². The lowest BCUT2D eigenvalue weighted by Gasteiger charge is -2.34. The number of hydrogen-bond acceptors (Lipinski definition) is 5. The Morgan fingerprint density at radius 2 is 2.00 bits per heavy atom. The van der Waals surface area contributed by atoms with Crippen LogP contribution in [0.3, 0.4) is 0 Å². The summed E-state index contributed by atoms with van der Waals surface area (Å²) in [6.07, 6.45) is 2.68. The van der Waals surface area contributed by atoms with E-state index < -0.39 is 10.0 Å². The average Bonchev–Trinajstić information content (AvgIpc) is 2.17. The fourth-order valence-electron chi connectivity index (χ4n) is 1.80. The van der Waals surface area contributed by atoms with Gasteiger partial charge in [0.15, 0.2) is 0 Å². The van der Waals surface area contributed by atoms with Crippen molar-refractivity contribution < 1.29 is 13.5 Å². The first-order valence-electron chi connectivity index (χ1n) is 5.02. The van der Waals surface area contributed by atoms with E-state index in [1.54, 1.807) is 5.01 Å². The molecule has 1 saturated heterocycles. The molecule has 0 saturated carbocycles. The molecule has 3 N–H and O–H groups in total. The number of sulfonamides is 1. The van der Waals surface area contributed by atoms with Crippen molar-refractivity contribution in [3.63, 3.8) is 0 Å². The zero-order valence-corrected chi connectivity index (χ0v) is 9.78. The van der Waals surface area contributed by atoms with E-state index >= 15 is 0 Å². The van der Waals surface area contributed by atoms with E-state index in [4.69, 9.17) is 10.9 Å². The van der Waals surface area contributed by atoms with Gasteiger partial charge in [0.2, 0.25) is 10.0 Å². The molecule has 1 heterocycles. The number of nitrogens with two attached hydrogens (primary N) is 1. The molecular weight excluding hydrogens is 218 g/mol. The molecule has 7 heteroatoms. The molecule has 0 amide bonds. The number of aliphatic hydroxyl groups excluding tert-OH is 1. The first kappa shape index (κ1) is 12.9. The summed E-state index contributed by atoms with van der Waals surface area (Å²) in [5.74, 6) is 5.72. The third-order valence-electron chi connectivity index (χ3n) is 2.72. The third kappa shape index (κ3) is 3.69. The largest absolute Gasteiger partial charge is 0.395 e. The number of nitrogens with zero attached hydrogens (tertiary/aromatic N) is 2. The first-order valence-corrected chi connectivity index (χ1v) is 6.87. The van der Waals surface area contributed by atoms with Gasteiger partial charge >= 0.3 is 0 Å². The molecule has 90 valence electrons. The highest BCUT2D eigenvalue weighted by atomic mass is 32.2. The molecule has 0 atom stereocenters. The minimum Gasteiger partial charge on any atom is -0.395 e. The summed E-state index contributed by atoms with van der Waals surface area (Å²) in [5, 5.41) is 10.3. The van der Waals surface area contributed by atoms with Gasteiger partial charge < -0.3 is 5.11 Å². The van der Waals surface area contributed by atoms with Crippen molar-refractivity contribution in [2.75, 3.05) is 32.5 Å². The molecule has 1 fully saturated rings. The van der Waals surface area contributed by atoms with Gasteiger partial charge in [0.1, 0.15) is 0 Å². The van der Waals surface area contributed by atoms with Gasteiger partial charge in [0.25, 0.3) is 0 Å². The molecule has 0 aromatic carbocycles. The maximum atomic E-state index is 11.2. The number of hydrazine groups is 1. The van der Waals surface area contributed by atoms with Gasteiger partial charge in [0, 0.05) is 25.7 Å². The Morgan fingerprint density at radius 3 is 2.40 bits per heavy atom. The van der Waals surface area contributed by atoms with Gasteiger partial charge in [-0.1, -0.05) is 0 Å². The highest BCUT2D eigenvalue weighted by Gasteiger charge is 2.26. The Labute approximate surface area is 90.7 Å². The van der Waals surface area contributed by atoms with Crippen molar-refractivity contribution in [2.24, 2.45) is 5.84 Å². The molecule has 0 radical (unpaired) electrons.